The maximum absolute atomic E-state index is 5.67. The normalized spacial score (nSPS) is 11.1. The number of fused-ring (bicyclic) bond motifs is 1. The molecule has 0 spiro atoms. The molecule has 0 radical (unpaired) electrons. The topological polar surface area (TPSA) is 51.0 Å². The molecule has 3 aromatic rings. The van der Waals surface area contributed by atoms with Crippen molar-refractivity contribution in [3.05, 3.63) is 53.6 Å². The number of rotatable bonds is 6. The second-order valence-electron chi connectivity index (χ2n) is 5.97. The summed E-state index contributed by atoms with van der Waals surface area (Å²) in [4.78, 5) is 3.60. The quantitative estimate of drug-likeness (QED) is 0.662. The molecule has 0 saturated carbocycles. The van der Waals surface area contributed by atoms with E-state index in [0.29, 0.717) is 0 Å². The van der Waals surface area contributed by atoms with Crippen molar-refractivity contribution in [3.8, 4) is 17.0 Å². The standard InChI is InChI=1S/C20H24N2O/c1-14-10-11-18-17(13-14)15(7-5-6-12-21)20(22-18)16-8-3-4-9-19(16)23-2/h3-4,8-11,13,22H,5-7,12,21H2,1-2H3. The van der Waals surface area contributed by atoms with Crippen molar-refractivity contribution < 1.29 is 4.74 Å². The van der Waals surface area contributed by atoms with Gasteiger partial charge in [0.1, 0.15) is 5.75 Å². The summed E-state index contributed by atoms with van der Waals surface area (Å²) < 4.78 is 5.56. The summed E-state index contributed by atoms with van der Waals surface area (Å²) in [6.07, 6.45) is 3.16. The molecule has 0 aliphatic rings. The molecule has 2 aromatic carbocycles. The van der Waals surface area contributed by atoms with E-state index in [0.717, 1.165) is 37.1 Å². The summed E-state index contributed by atoms with van der Waals surface area (Å²) in [5.74, 6) is 0.899. The van der Waals surface area contributed by atoms with E-state index >= 15 is 0 Å². The average molecular weight is 308 g/mol. The lowest BCUT2D eigenvalue weighted by Gasteiger charge is -2.09. The number of benzene rings is 2. The first kappa shape index (κ1) is 15.6. The van der Waals surface area contributed by atoms with E-state index in [-0.39, 0.29) is 0 Å². The molecule has 3 heteroatoms. The molecule has 0 aliphatic carbocycles. The molecule has 0 atom stereocenters. The first-order valence-corrected chi connectivity index (χ1v) is 8.19. The predicted molar refractivity (Wildman–Crippen MR) is 97.0 cm³/mol. The Hall–Kier alpha value is -2.26. The van der Waals surface area contributed by atoms with Gasteiger partial charge in [0, 0.05) is 16.5 Å². The molecule has 3 N–H and O–H groups in total. The summed E-state index contributed by atoms with van der Waals surface area (Å²) >= 11 is 0. The Morgan fingerprint density at radius 3 is 2.70 bits per heavy atom. The monoisotopic (exact) mass is 308 g/mol. The minimum Gasteiger partial charge on any atom is -0.496 e. The predicted octanol–water partition coefficient (Wildman–Crippen LogP) is 4.43. The number of hydrogen-bond acceptors (Lipinski definition) is 2. The van der Waals surface area contributed by atoms with Crippen LogP contribution in [-0.4, -0.2) is 18.6 Å². The fraction of sp³-hybridized carbons (Fsp3) is 0.300. The fourth-order valence-corrected chi connectivity index (χ4v) is 3.15. The van der Waals surface area contributed by atoms with Crippen LogP contribution in [-0.2, 0) is 6.42 Å². The Labute approximate surface area is 137 Å². The van der Waals surface area contributed by atoms with Gasteiger partial charge < -0.3 is 15.5 Å². The number of H-pyrrole nitrogens is 1. The van der Waals surface area contributed by atoms with Crippen molar-refractivity contribution in [3.63, 3.8) is 0 Å². The van der Waals surface area contributed by atoms with Crippen LogP contribution in [0.5, 0.6) is 5.75 Å². The number of aromatic amines is 1. The van der Waals surface area contributed by atoms with E-state index < -0.39 is 0 Å². The maximum Gasteiger partial charge on any atom is 0.128 e. The molecule has 120 valence electrons. The van der Waals surface area contributed by atoms with E-state index in [9.17, 15) is 0 Å². The lowest BCUT2D eigenvalue weighted by Crippen LogP contribution is -1.99. The summed E-state index contributed by atoms with van der Waals surface area (Å²) in [7, 11) is 1.72. The van der Waals surface area contributed by atoms with Crippen LogP contribution >= 0.6 is 0 Å². The Balaban J connectivity index is 2.16. The van der Waals surface area contributed by atoms with Gasteiger partial charge in [-0.1, -0.05) is 23.8 Å². The van der Waals surface area contributed by atoms with E-state index in [1.807, 2.05) is 12.1 Å². The molecular formula is C20H24N2O. The van der Waals surface area contributed by atoms with Crippen molar-refractivity contribution >= 4 is 10.9 Å². The highest BCUT2D eigenvalue weighted by Crippen LogP contribution is 2.36. The summed E-state index contributed by atoms with van der Waals surface area (Å²) in [6, 6.07) is 14.8. The molecule has 1 heterocycles. The number of unbranched alkanes of at least 4 members (excludes halogenated alkanes) is 1. The minimum absolute atomic E-state index is 0.741. The number of nitrogens with two attached hydrogens (primary N) is 1. The van der Waals surface area contributed by atoms with Gasteiger partial charge in [0.05, 0.1) is 12.8 Å². The third-order valence-corrected chi connectivity index (χ3v) is 4.32. The molecule has 0 fully saturated rings. The number of aryl methyl sites for hydroxylation is 2. The van der Waals surface area contributed by atoms with Gasteiger partial charge in [-0.05, 0) is 62.6 Å². The van der Waals surface area contributed by atoms with Gasteiger partial charge >= 0.3 is 0 Å². The molecule has 0 amide bonds. The zero-order valence-corrected chi connectivity index (χ0v) is 13.9. The van der Waals surface area contributed by atoms with Crippen LogP contribution in [0.25, 0.3) is 22.2 Å². The van der Waals surface area contributed by atoms with Crippen LogP contribution in [0.15, 0.2) is 42.5 Å². The molecule has 1 aromatic heterocycles. The number of hydrogen-bond donors (Lipinski definition) is 2. The van der Waals surface area contributed by atoms with Crippen molar-refractivity contribution in [2.45, 2.75) is 26.2 Å². The number of para-hydroxylation sites is 1. The van der Waals surface area contributed by atoms with Crippen molar-refractivity contribution in [2.75, 3.05) is 13.7 Å². The third-order valence-electron chi connectivity index (χ3n) is 4.32. The number of ether oxygens (including phenoxy) is 1. The van der Waals surface area contributed by atoms with Crippen molar-refractivity contribution in [1.29, 1.82) is 0 Å². The second kappa shape index (κ2) is 6.88. The molecule has 23 heavy (non-hydrogen) atoms. The zero-order valence-electron chi connectivity index (χ0n) is 13.9. The summed E-state index contributed by atoms with van der Waals surface area (Å²) in [5.41, 5.74) is 11.8. The molecule has 0 aliphatic heterocycles. The van der Waals surface area contributed by atoms with Crippen molar-refractivity contribution in [1.82, 2.24) is 4.98 Å². The van der Waals surface area contributed by atoms with Gasteiger partial charge in [-0.15, -0.1) is 0 Å². The molecule has 0 saturated heterocycles. The Bertz CT molecular complexity index is 805. The summed E-state index contributed by atoms with van der Waals surface area (Å²) in [6.45, 7) is 2.88. The maximum atomic E-state index is 5.67. The zero-order chi connectivity index (χ0) is 16.2. The lowest BCUT2D eigenvalue weighted by atomic mass is 9.99. The number of aromatic nitrogens is 1. The Morgan fingerprint density at radius 2 is 1.91 bits per heavy atom. The van der Waals surface area contributed by atoms with Crippen LogP contribution in [0, 0.1) is 6.92 Å². The molecule has 0 bridgehead atoms. The van der Waals surface area contributed by atoms with E-state index in [1.54, 1.807) is 7.11 Å². The smallest absolute Gasteiger partial charge is 0.128 e. The first-order valence-electron chi connectivity index (χ1n) is 8.19. The Kier molecular flexibility index (Phi) is 4.68. The third kappa shape index (κ3) is 3.10. The van der Waals surface area contributed by atoms with Gasteiger partial charge in [0.25, 0.3) is 0 Å². The van der Waals surface area contributed by atoms with Gasteiger partial charge in [-0.25, -0.2) is 0 Å². The molecular weight excluding hydrogens is 284 g/mol. The van der Waals surface area contributed by atoms with Gasteiger partial charge in [-0.2, -0.15) is 0 Å². The minimum atomic E-state index is 0.741. The van der Waals surface area contributed by atoms with Crippen LogP contribution in [0.3, 0.4) is 0 Å². The average Bonchev–Trinajstić information content (AvgIpc) is 2.93. The molecule has 0 unspecified atom stereocenters. The SMILES string of the molecule is COc1ccccc1-c1[nH]c2ccc(C)cc2c1CCCCN. The van der Waals surface area contributed by atoms with E-state index in [2.05, 4.69) is 42.2 Å². The van der Waals surface area contributed by atoms with Gasteiger partial charge in [-0.3, -0.25) is 0 Å². The number of nitrogens with one attached hydrogen (secondary N) is 1. The van der Waals surface area contributed by atoms with Crippen LogP contribution in [0.1, 0.15) is 24.0 Å². The van der Waals surface area contributed by atoms with Gasteiger partial charge in [0.2, 0.25) is 0 Å². The van der Waals surface area contributed by atoms with E-state index in [4.69, 9.17) is 10.5 Å². The van der Waals surface area contributed by atoms with Crippen LogP contribution in [0.4, 0.5) is 0 Å². The van der Waals surface area contributed by atoms with Crippen LogP contribution < -0.4 is 10.5 Å². The van der Waals surface area contributed by atoms with Gasteiger partial charge in [0.15, 0.2) is 0 Å². The Morgan fingerprint density at radius 1 is 1.09 bits per heavy atom. The highest BCUT2D eigenvalue weighted by molar-refractivity contribution is 5.92. The largest absolute Gasteiger partial charge is 0.496 e. The number of methoxy groups -OCH3 is 1. The first-order chi connectivity index (χ1) is 11.2. The second-order valence-corrected chi connectivity index (χ2v) is 5.97. The highest BCUT2D eigenvalue weighted by Gasteiger charge is 2.15. The van der Waals surface area contributed by atoms with Crippen LogP contribution in [0.2, 0.25) is 0 Å². The molecule has 3 rings (SSSR count). The highest BCUT2D eigenvalue weighted by atomic mass is 16.5. The molecule has 3 nitrogen and oxygen atoms in total. The summed E-state index contributed by atoms with van der Waals surface area (Å²) in [5, 5.41) is 1.31. The van der Waals surface area contributed by atoms with E-state index in [1.165, 1.54) is 27.7 Å². The van der Waals surface area contributed by atoms with Crippen molar-refractivity contribution in [2.24, 2.45) is 5.73 Å². The fourth-order valence-electron chi connectivity index (χ4n) is 3.15. The lowest BCUT2D eigenvalue weighted by molar-refractivity contribution is 0.416.